The van der Waals surface area contributed by atoms with E-state index in [2.05, 4.69) is 4.99 Å². The summed E-state index contributed by atoms with van der Waals surface area (Å²) in [6.45, 7) is 0. The summed E-state index contributed by atoms with van der Waals surface area (Å²) in [7, 11) is 1.59. The molecule has 0 aliphatic heterocycles. The second-order valence-electron chi connectivity index (χ2n) is 4.49. The van der Waals surface area contributed by atoms with Gasteiger partial charge in [0.2, 0.25) is 0 Å². The van der Waals surface area contributed by atoms with Crippen molar-refractivity contribution in [3.05, 3.63) is 59.7 Å². The van der Waals surface area contributed by atoms with Crippen molar-refractivity contribution in [1.29, 1.82) is 0 Å². The Morgan fingerprint density at radius 2 is 1.62 bits per heavy atom. The third-order valence-electron chi connectivity index (χ3n) is 2.82. The van der Waals surface area contributed by atoms with Gasteiger partial charge in [0, 0.05) is 6.21 Å². The highest BCUT2D eigenvalue weighted by atomic mass is 19.4. The number of ether oxygens (including phenoxy) is 1. The van der Waals surface area contributed by atoms with Crippen molar-refractivity contribution in [3.8, 4) is 5.75 Å². The molecule has 0 spiro atoms. The quantitative estimate of drug-likeness (QED) is 0.758. The van der Waals surface area contributed by atoms with Gasteiger partial charge in [-0.1, -0.05) is 12.1 Å². The summed E-state index contributed by atoms with van der Waals surface area (Å²) in [5.74, 6) is 0.753. The number of hydrogen-bond donors (Lipinski definition) is 0. The molecule has 0 N–H and O–H groups in total. The van der Waals surface area contributed by atoms with Crippen LogP contribution in [0.2, 0.25) is 0 Å². The van der Waals surface area contributed by atoms with Crippen LogP contribution in [0.15, 0.2) is 53.5 Å². The molecule has 2 aromatic rings. The molecule has 0 heterocycles. The minimum atomic E-state index is -4.19. The number of alkyl halides is 3. The molecule has 21 heavy (non-hydrogen) atoms. The predicted octanol–water partition coefficient (Wildman–Crippen LogP) is 4.55. The summed E-state index contributed by atoms with van der Waals surface area (Å²) in [6, 6.07) is 13.3. The first-order chi connectivity index (χ1) is 9.96. The Morgan fingerprint density at radius 3 is 2.14 bits per heavy atom. The highest BCUT2D eigenvalue weighted by molar-refractivity contribution is 5.82. The van der Waals surface area contributed by atoms with Crippen LogP contribution in [0.25, 0.3) is 0 Å². The minimum Gasteiger partial charge on any atom is -0.497 e. The van der Waals surface area contributed by atoms with Gasteiger partial charge in [-0.25, -0.2) is 0 Å². The summed E-state index contributed by atoms with van der Waals surface area (Å²) in [4.78, 5) is 4.22. The standard InChI is InChI=1S/C16H14F3NO/c1-21-15-8-4-13(5-9-15)11-20-14-6-2-12(3-7-14)10-16(17,18)19/h2-9,11H,10H2,1H3. The third-order valence-corrected chi connectivity index (χ3v) is 2.82. The fourth-order valence-corrected chi connectivity index (χ4v) is 1.77. The van der Waals surface area contributed by atoms with E-state index in [-0.39, 0.29) is 5.56 Å². The molecule has 0 aliphatic rings. The number of benzene rings is 2. The summed E-state index contributed by atoms with van der Waals surface area (Å²) >= 11 is 0. The van der Waals surface area contributed by atoms with Gasteiger partial charge < -0.3 is 4.74 Å². The molecule has 0 radical (unpaired) electrons. The van der Waals surface area contributed by atoms with E-state index in [0.29, 0.717) is 5.69 Å². The third kappa shape index (κ3) is 4.95. The molecule has 5 heteroatoms. The van der Waals surface area contributed by atoms with E-state index in [9.17, 15) is 13.2 Å². The predicted molar refractivity (Wildman–Crippen MR) is 76.4 cm³/mol. The first kappa shape index (κ1) is 15.1. The maximum Gasteiger partial charge on any atom is 0.393 e. The normalized spacial score (nSPS) is 11.8. The van der Waals surface area contributed by atoms with Crippen LogP contribution in [-0.2, 0) is 6.42 Å². The lowest BCUT2D eigenvalue weighted by Crippen LogP contribution is -2.11. The van der Waals surface area contributed by atoms with E-state index in [4.69, 9.17) is 4.74 Å². The first-order valence-electron chi connectivity index (χ1n) is 6.30. The van der Waals surface area contributed by atoms with Gasteiger partial charge in [0.05, 0.1) is 19.2 Å². The molecule has 0 fully saturated rings. The van der Waals surface area contributed by atoms with Crippen LogP contribution in [-0.4, -0.2) is 19.5 Å². The lowest BCUT2D eigenvalue weighted by molar-refractivity contribution is -0.127. The molecule has 2 nitrogen and oxygen atoms in total. The van der Waals surface area contributed by atoms with E-state index in [1.165, 1.54) is 12.1 Å². The van der Waals surface area contributed by atoms with Crippen molar-refractivity contribution in [3.63, 3.8) is 0 Å². The van der Waals surface area contributed by atoms with E-state index >= 15 is 0 Å². The lowest BCUT2D eigenvalue weighted by atomic mass is 10.1. The summed E-state index contributed by atoms with van der Waals surface area (Å²) in [5, 5.41) is 0. The molecule has 0 atom stereocenters. The molecule has 2 aromatic carbocycles. The van der Waals surface area contributed by atoms with Crippen LogP contribution in [0, 0.1) is 0 Å². The molecule has 110 valence electrons. The van der Waals surface area contributed by atoms with Gasteiger partial charge in [0.15, 0.2) is 0 Å². The molecule has 0 aliphatic carbocycles. The number of hydrogen-bond acceptors (Lipinski definition) is 2. The molecule has 0 aromatic heterocycles. The van der Waals surface area contributed by atoms with Crippen molar-refractivity contribution in [2.24, 2.45) is 4.99 Å². The van der Waals surface area contributed by atoms with Gasteiger partial charge >= 0.3 is 6.18 Å². The number of halogens is 3. The zero-order valence-electron chi connectivity index (χ0n) is 11.4. The van der Waals surface area contributed by atoms with E-state index in [0.717, 1.165) is 11.3 Å². The van der Waals surface area contributed by atoms with Gasteiger partial charge in [0.25, 0.3) is 0 Å². The number of rotatable bonds is 4. The van der Waals surface area contributed by atoms with E-state index < -0.39 is 12.6 Å². The zero-order chi connectivity index (χ0) is 15.3. The molecule has 0 bridgehead atoms. The smallest absolute Gasteiger partial charge is 0.393 e. The molecule has 0 amide bonds. The Hall–Kier alpha value is -2.30. The van der Waals surface area contributed by atoms with E-state index in [1.54, 1.807) is 25.5 Å². The average molecular weight is 293 g/mol. The van der Waals surface area contributed by atoms with E-state index in [1.807, 2.05) is 24.3 Å². The van der Waals surface area contributed by atoms with Crippen LogP contribution in [0.3, 0.4) is 0 Å². The average Bonchev–Trinajstić information content (AvgIpc) is 2.45. The Balaban J connectivity index is 2.03. The van der Waals surface area contributed by atoms with Crippen molar-refractivity contribution in [2.45, 2.75) is 12.6 Å². The van der Waals surface area contributed by atoms with Crippen LogP contribution in [0.1, 0.15) is 11.1 Å². The van der Waals surface area contributed by atoms with Gasteiger partial charge in [-0.3, -0.25) is 4.99 Å². The SMILES string of the molecule is COc1ccc(C=Nc2ccc(CC(F)(F)F)cc2)cc1. The van der Waals surface area contributed by atoms with Gasteiger partial charge in [-0.15, -0.1) is 0 Å². The van der Waals surface area contributed by atoms with Crippen LogP contribution >= 0.6 is 0 Å². The summed E-state index contributed by atoms with van der Waals surface area (Å²) in [5.41, 5.74) is 1.72. The maximum atomic E-state index is 12.2. The Labute approximate surface area is 120 Å². The van der Waals surface area contributed by atoms with Gasteiger partial charge in [0.1, 0.15) is 5.75 Å². The molecule has 0 saturated heterocycles. The Bertz CT molecular complexity index is 601. The monoisotopic (exact) mass is 293 g/mol. The zero-order valence-corrected chi connectivity index (χ0v) is 11.4. The molecular weight excluding hydrogens is 279 g/mol. The van der Waals surface area contributed by atoms with Crippen molar-refractivity contribution >= 4 is 11.9 Å². The molecule has 0 unspecified atom stereocenters. The second-order valence-corrected chi connectivity index (χ2v) is 4.49. The fraction of sp³-hybridized carbons (Fsp3) is 0.188. The second kappa shape index (κ2) is 6.43. The van der Waals surface area contributed by atoms with Crippen LogP contribution < -0.4 is 4.74 Å². The first-order valence-corrected chi connectivity index (χ1v) is 6.30. The fourth-order valence-electron chi connectivity index (χ4n) is 1.77. The summed E-state index contributed by atoms with van der Waals surface area (Å²) < 4.78 is 41.7. The van der Waals surface area contributed by atoms with Gasteiger partial charge in [-0.2, -0.15) is 13.2 Å². The van der Waals surface area contributed by atoms with Crippen LogP contribution in [0.5, 0.6) is 5.75 Å². The molecule has 0 saturated carbocycles. The van der Waals surface area contributed by atoms with Gasteiger partial charge in [-0.05, 0) is 47.5 Å². The Morgan fingerprint density at radius 1 is 1.00 bits per heavy atom. The number of nitrogens with zero attached hydrogens (tertiary/aromatic N) is 1. The minimum absolute atomic E-state index is 0.228. The largest absolute Gasteiger partial charge is 0.497 e. The van der Waals surface area contributed by atoms with Crippen molar-refractivity contribution < 1.29 is 17.9 Å². The molecule has 2 rings (SSSR count). The van der Waals surface area contributed by atoms with Crippen LogP contribution in [0.4, 0.5) is 18.9 Å². The molecular formula is C16H14F3NO. The highest BCUT2D eigenvalue weighted by Gasteiger charge is 2.27. The number of methoxy groups -OCH3 is 1. The van der Waals surface area contributed by atoms with Crippen molar-refractivity contribution in [2.75, 3.05) is 7.11 Å². The number of aliphatic imine (C=N–C) groups is 1. The maximum absolute atomic E-state index is 12.2. The lowest BCUT2D eigenvalue weighted by Gasteiger charge is -2.05. The highest BCUT2D eigenvalue weighted by Crippen LogP contribution is 2.23. The summed E-state index contributed by atoms with van der Waals surface area (Å²) in [6.07, 6.45) is -3.46. The Kier molecular flexibility index (Phi) is 4.62. The van der Waals surface area contributed by atoms with Crippen molar-refractivity contribution in [1.82, 2.24) is 0 Å². The topological polar surface area (TPSA) is 21.6 Å².